The second-order valence-corrected chi connectivity index (χ2v) is 7.03. The fourth-order valence-electron chi connectivity index (χ4n) is 2.47. The maximum absolute atomic E-state index is 12.1. The summed E-state index contributed by atoms with van der Waals surface area (Å²) in [6.07, 6.45) is 1.02. The summed E-state index contributed by atoms with van der Waals surface area (Å²) in [5.41, 5.74) is 1.59. The summed E-state index contributed by atoms with van der Waals surface area (Å²) in [6.45, 7) is 8.94. The van der Waals surface area contributed by atoms with Crippen molar-refractivity contribution in [2.75, 3.05) is 43.6 Å². The van der Waals surface area contributed by atoms with Crippen LogP contribution in [0.15, 0.2) is 48.5 Å². The molecule has 0 unspecified atom stereocenters. The second-order valence-electron chi connectivity index (χ2n) is 7.03. The van der Waals surface area contributed by atoms with E-state index in [4.69, 9.17) is 14.2 Å². The highest BCUT2D eigenvalue weighted by Gasteiger charge is 2.04. The lowest BCUT2D eigenvalue weighted by atomic mass is 10.1. The van der Waals surface area contributed by atoms with Crippen LogP contribution in [0.4, 0.5) is 11.4 Å². The molecule has 6 nitrogen and oxygen atoms in total. The topological polar surface area (TPSA) is 68.8 Å². The summed E-state index contributed by atoms with van der Waals surface area (Å²) in [6, 6.07) is 14.9. The number of hydrogen-bond acceptors (Lipinski definition) is 5. The van der Waals surface area contributed by atoms with Crippen LogP contribution in [0, 0.1) is 5.92 Å². The first-order valence-electron chi connectivity index (χ1n) is 10.1. The minimum absolute atomic E-state index is 0.115. The number of nitrogens with one attached hydrogen (secondary N) is 2. The molecular weight excluding hydrogens is 368 g/mol. The van der Waals surface area contributed by atoms with E-state index in [-0.39, 0.29) is 12.5 Å². The monoisotopic (exact) mass is 400 g/mol. The molecule has 0 saturated carbocycles. The molecule has 2 aromatic rings. The van der Waals surface area contributed by atoms with Crippen molar-refractivity contribution in [1.29, 1.82) is 0 Å². The predicted molar refractivity (Wildman–Crippen MR) is 117 cm³/mol. The molecular formula is C23H32N2O4. The maximum Gasteiger partial charge on any atom is 0.243 e. The molecule has 0 atom stereocenters. The number of rotatable bonds is 13. The summed E-state index contributed by atoms with van der Waals surface area (Å²) in [5.74, 6) is 2.08. The van der Waals surface area contributed by atoms with Crippen molar-refractivity contribution in [3.05, 3.63) is 48.5 Å². The summed E-state index contributed by atoms with van der Waals surface area (Å²) in [7, 11) is 0. The Morgan fingerprint density at radius 2 is 1.45 bits per heavy atom. The average Bonchev–Trinajstić information content (AvgIpc) is 2.72. The molecule has 0 spiro atoms. The standard InChI is InChI=1S/C23H32N2O4/c1-4-27-15-16-29-22-9-5-19(6-10-22)24-17-23(26)25-20-7-11-21(12-8-20)28-14-13-18(2)3/h5-12,18,24H,4,13-17H2,1-3H3,(H,25,26). The Morgan fingerprint density at radius 1 is 0.862 bits per heavy atom. The lowest BCUT2D eigenvalue weighted by Gasteiger charge is -2.11. The van der Waals surface area contributed by atoms with Crippen molar-refractivity contribution < 1.29 is 19.0 Å². The lowest BCUT2D eigenvalue weighted by Crippen LogP contribution is -2.21. The third-order valence-electron chi connectivity index (χ3n) is 4.11. The van der Waals surface area contributed by atoms with Gasteiger partial charge in [-0.1, -0.05) is 13.8 Å². The van der Waals surface area contributed by atoms with Gasteiger partial charge in [0.2, 0.25) is 5.91 Å². The van der Waals surface area contributed by atoms with Gasteiger partial charge in [0.1, 0.15) is 18.1 Å². The van der Waals surface area contributed by atoms with Gasteiger partial charge in [-0.25, -0.2) is 0 Å². The number of carbonyl (C=O) groups is 1. The Labute approximate surface area is 173 Å². The fourth-order valence-corrected chi connectivity index (χ4v) is 2.47. The highest BCUT2D eigenvalue weighted by molar-refractivity contribution is 5.93. The molecule has 158 valence electrons. The van der Waals surface area contributed by atoms with E-state index in [9.17, 15) is 4.79 Å². The van der Waals surface area contributed by atoms with Crippen LogP contribution in [0.5, 0.6) is 11.5 Å². The SMILES string of the molecule is CCOCCOc1ccc(NCC(=O)Nc2ccc(OCCC(C)C)cc2)cc1. The van der Waals surface area contributed by atoms with Gasteiger partial charge in [0.15, 0.2) is 0 Å². The molecule has 6 heteroatoms. The molecule has 0 aliphatic carbocycles. The molecule has 0 aliphatic heterocycles. The number of amides is 1. The largest absolute Gasteiger partial charge is 0.494 e. The van der Waals surface area contributed by atoms with Crippen LogP contribution >= 0.6 is 0 Å². The van der Waals surface area contributed by atoms with Gasteiger partial charge in [-0.3, -0.25) is 4.79 Å². The predicted octanol–water partition coefficient (Wildman–Crippen LogP) is 4.58. The zero-order chi connectivity index (χ0) is 20.9. The minimum Gasteiger partial charge on any atom is -0.494 e. The first kappa shape index (κ1) is 22.6. The smallest absolute Gasteiger partial charge is 0.243 e. The number of benzene rings is 2. The summed E-state index contributed by atoms with van der Waals surface area (Å²) in [5, 5.41) is 5.97. The quantitative estimate of drug-likeness (QED) is 0.482. The van der Waals surface area contributed by atoms with Crippen LogP contribution in [-0.2, 0) is 9.53 Å². The highest BCUT2D eigenvalue weighted by Crippen LogP contribution is 2.17. The van der Waals surface area contributed by atoms with Gasteiger partial charge in [0, 0.05) is 18.0 Å². The molecule has 0 fully saturated rings. The number of anilines is 2. The third-order valence-corrected chi connectivity index (χ3v) is 4.11. The van der Waals surface area contributed by atoms with Crippen molar-refractivity contribution >= 4 is 17.3 Å². The summed E-state index contributed by atoms with van der Waals surface area (Å²) in [4.78, 5) is 12.1. The van der Waals surface area contributed by atoms with E-state index in [1.54, 1.807) is 0 Å². The normalized spacial score (nSPS) is 10.6. The number of ether oxygens (including phenoxy) is 3. The van der Waals surface area contributed by atoms with E-state index in [0.29, 0.717) is 32.3 Å². The molecule has 0 saturated heterocycles. The lowest BCUT2D eigenvalue weighted by molar-refractivity contribution is -0.114. The van der Waals surface area contributed by atoms with Crippen molar-refractivity contribution in [3.63, 3.8) is 0 Å². The summed E-state index contributed by atoms with van der Waals surface area (Å²) >= 11 is 0. The van der Waals surface area contributed by atoms with E-state index < -0.39 is 0 Å². The molecule has 0 aromatic heterocycles. The van der Waals surface area contributed by atoms with Gasteiger partial charge in [0.05, 0.1) is 19.8 Å². The van der Waals surface area contributed by atoms with Crippen LogP contribution in [-0.4, -0.2) is 38.9 Å². The Hall–Kier alpha value is -2.73. The molecule has 0 radical (unpaired) electrons. The van der Waals surface area contributed by atoms with E-state index in [1.807, 2.05) is 55.5 Å². The summed E-state index contributed by atoms with van der Waals surface area (Å²) < 4.78 is 16.5. The zero-order valence-corrected chi connectivity index (χ0v) is 17.6. The van der Waals surface area contributed by atoms with E-state index in [2.05, 4.69) is 24.5 Å². The Morgan fingerprint density at radius 3 is 2.03 bits per heavy atom. The van der Waals surface area contributed by atoms with Crippen LogP contribution in [0.3, 0.4) is 0 Å². The second kappa shape index (κ2) is 12.7. The van der Waals surface area contributed by atoms with E-state index in [1.165, 1.54) is 0 Å². The molecule has 0 aliphatic rings. The van der Waals surface area contributed by atoms with Crippen molar-refractivity contribution in [3.8, 4) is 11.5 Å². The van der Waals surface area contributed by atoms with Crippen LogP contribution < -0.4 is 20.1 Å². The van der Waals surface area contributed by atoms with Crippen LogP contribution in [0.25, 0.3) is 0 Å². The van der Waals surface area contributed by atoms with Crippen molar-refractivity contribution in [2.45, 2.75) is 27.2 Å². The first-order chi connectivity index (χ1) is 14.1. The first-order valence-corrected chi connectivity index (χ1v) is 10.1. The Bertz CT molecular complexity index is 715. The zero-order valence-electron chi connectivity index (χ0n) is 17.6. The molecule has 2 N–H and O–H groups in total. The van der Waals surface area contributed by atoms with Crippen LogP contribution in [0.1, 0.15) is 27.2 Å². The third kappa shape index (κ3) is 9.34. The minimum atomic E-state index is -0.115. The Balaban J connectivity index is 1.69. The number of hydrogen-bond donors (Lipinski definition) is 2. The molecule has 2 rings (SSSR count). The van der Waals surface area contributed by atoms with Gasteiger partial charge in [-0.2, -0.15) is 0 Å². The van der Waals surface area contributed by atoms with E-state index in [0.717, 1.165) is 29.3 Å². The van der Waals surface area contributed by atoms with E-state index >= 15 is 0 Å². The molecule has 1 amide bonds. The van der Waals surface area contributed by atoms with Gasteiger partial charge in [-0.15, -0.1) is 0 Å². The van der Waals surface area contributed by atoms with Crippen molar-refractivity contribution in [1.82, 2.24) is 0 Å². The van der Waals surface area contributed by atoms with Crippen LogP contribution in [0.2, 0.25) is 0 Å². The van der Waals surface area contributed by atoms with Gasteiger partial charge in [-0.05, 0) is 67.8 Å². The highest BCUT2D eigenvalue weighted by atomic mass is 16.5. The van der Waals surface area contributed by atoms with Gasteiger partial charge in [0.25, 0.3) is 0 Å². The van der Waals surface area contributed by atoms with Gasteiger partial charge < -0.3 is 24.8 Å². The molecule has 29 heavy (non-hydrogen) atoms. The molecule has 0 heterocycles. The number of carbonyl (C=O) groups excluding carboxylic acids is 1. The van der Waals surface area contributed by atoms with Gasteiger partial charge >= 0.3 is 0 Å². The molecule has 2 aromatic carbocycles. The Kier molecular flexibility index (Phi) is 9.86. The van der Waals surface area contributed by atoms with Crippen molar-refractivity contribution in [2.24, 2.45) is 5.92 Å². The maximum atomic E-state index is 12.1. The average molecular weight is 401 g/mol. The fraction of sp³-hybridized carbons (Fsp3) is 0.435. The molecule has 0 bridgehead atoms.